The molecule has 1 aliphatic heterocycles. The molecule has 1 aliphatic rings. The smallest absolute Gasteiger partial charge is 0.244 e. The molecule has 0 unspecified atom stereocenters. The SMILES string of the molecule is CN1CCCNCc2cccc(c2)CNCCCN(C)CCCNC(=O)/C=C\C(=O)NCCC1. The Kier molecular flexibility index (Phi) is 14.2. The molecular weight excluding hydrogens is 428 g/mol. The maximum atomic E-state index is 11.9. The van der Waals surface area contributed by atoms with Crippen molar-refractivity contribution in [1.82, 2.24) is 31.1 Å². The minimum atomic E-state index is -0.225. The van der Waals surface area contributed by atoms with E-state index in [4.69, 9.17) is 0 Å². The minimum Gasteiger partial charge on any atom is -0.353 e. The van der Waals surface area contributed by atoms with Crippen LogP contribution in [0.3, 0.4) is 0 Å². The zero-order chi connectivity index (χ0) is 24.4. The number of hydrogen-bond acceptors (Lipinski definition) is 6. The molecule has 0 saturated heterocycles. The summed E-state index contributed by atoms with van der Waals surface area (Å²) in [4.78, 5) is 28.3. The molecule has 190 valence electrons. The van der Waals surface area contributed by atoms with E-state index in [0.717, 1.165) is 78.0 Å². The van der Waals surface area contributed by atoms with E-state index >= 15 is 0 Å². The van der Waals surface area contributed by atoms with E-state index in [1.807, 2.05) is 0 Å². The van der Waals surface area contributed by atoms with Crippen LogP contribution in [0, 0.1) is 0 Å². The number of carbonyl (C=O) groups is 2. The first-order valence-corrected chi connectivity index (χ1v) is 12.6. The molecule has 0 fully saturated rings. The summed E-state index contributed by atoms with van der Waals surface area (Å²) in [6.07, 6.45) is 6.54. The molecule has 0 spiro atoms. The molecule has 0 saturated carbocycles. The number of benzene rings is 1. The third-order valence-corrected chi connectivity index (χ3v) is 5.85. The Hall–Kier alpha value is -2.26. The minimum absolute atomic E-state index is 0.225. The number of nitrogens with zero attached hydrogens (tertiary/aromatic N) is 2. The van der Waals surface area contributed by atoms with Crippen LogP contribution in [0.25, 0.3) is 0 Å². The fourth-order valence-electron chi connectivity index (χ4n) is 3.88. The zero-order valence-electron chi connectivity index (χ0n) is 21.1. The lowest BCUT2D eigenvalue weighted by atomic mass is 10.1. The highest BCUT2D eigenvalue weighted by atomic mass is 16.2. The molecule has 8 nitrogen and oxygen atoms in total. The van der Waals surface area contributed by atoms with Crippen LogP contribution in [-0.2, 0) is 22.7 Å². The first-order valence-electron chi connectivity index (χ1n) is 12.6. The predicted molar refractivity (Wildman–Crippen MR) is 138 cm³/mol. The molecule has 2 amide bonds. The molecule has 8 heteroatoms. The van der Waals surface area contributed by atoms with Gasteiger partial charge in [0.25, 0.3) is 0 Å². The molecule has 1 aromatic rings. The normalized spacial score (nSPS) is 21.7. The van der Waals surface area contributed by atoms with Gasteiger partial charge in [0.2, 0.25) is 11.8 Å². The van der Waals surface area contributed by atoms with Gasteiger partial charge in [-0.25, -0.2) is 0 Å². The van der Waals surface area contributed by atoms with Crippen molar-refractivity contribution < 1.29 is 9.59 Å². The molecule has 0 radical (unpaired) electrons. The van der Waals surface area contributed by atoms with E-state index in [9.17, 15) is 9.59 Å². The van der Waals surface area contributed by atoms with Crippen LogP contribution in [0.4, 0.5) is 0 Å². The monoisotopic (exact) mass is 472 g/mol. The average molecular weight is 473 g/mol. The molecule has 0 aromatic heterocycles. The third-order valence-electron chi connectivity index (χ3n) is 5.85. The summed E-state index contributed by atoms with van der Waals surface area (Å²) in [5, 5.41) is 12.8. The van der Waals surface area contributed by atoms with Crippen LogP contribution in [0.15, 0.2) is 36.4 Å². The van der Waals surface area contributed by atoms with Crippen molar-refractivity contribution in [2.45, 2.75) is 38.8 Å². The van der Waals surface area contributed by atoms with Crippen LogP contribution in [-0.4, -0.2) is 88.1 Å². The Morgan fingerprint density at radius 2 is 1.06 bits per heavy atom. The number of amides is 2. The lowest BCUT2D eigenvalue weighted by Crippen LogP contribution is -2.30. The number of fused-ring (bicyclic) bond motifs is 2. The molecule has 0 atom stereocenters. The molecule has 4 N–H and O–H groups in total. The number of carbonyl (C=O) groups excluding carboxylic acids is 2. The molecule has 2 rings (SSSR count). The molecule has 1 heterocycles. The lowest BCUT2D eigenvalue weighted by molar-refractivity contribution is -0.118. The van der Waals surface area contributed by atoms with Gasteiger partial charge in [-0.15, -0.1) is 0 Å². The number of rotatable bonds is 0. The maximum absolute atomic E-state index is 11.9. The van der Waals surface area contributed by atoms with Gasteiger partial charge in [0.15, 0.2) is 0 Å². The fourth-order valence-corrected chi connectivity index (χ4v) is 3.88. The summed E-state index contributed by atoms with van der Waals surface area (Å²) in [6.45, 7) is 8.81. The van der Waals surface area contributed by atoms with Crippen LogP contribution in [0.1, 0.15) is 36.8 Å². The average Bonchev–Trinajstić information content (AvgIpc) is 2.82. The van der Waals surface area contributed by atoms with E-state index in [2.05, 4.69) is 69.4 Å². The fraction of sp³-hybridized carbons (Fsp3) is 0.615. The summed E-state index contributed by atoms with van der Waals surface area (Å²) in [7, 11) is 4.22. The molecule has 34 heavy (non-hydrogen) atoms. The van der Waals surface area contributed by atoms with Gasteiger partial charge in [0.1, 0.15) is 0 Å². The zero-order valence-corrected chi connectivity index (χ0v) is 21.1. The van der Waals surface area contributed by atoms with Gasteiger partial charge in [0.05, 0.1) is 0 Å². The van der Waals surface area contributed by atoms with Crippen molar-refractivity contribution in [2.75, 3.05) is 66.5 Å². The summed E-state index contributed by atoms with van der Waals surface area (Å²) in [5.41, 5.74) is 2.64. The van der Waals surface area contributed by atoms with Gasteiger partial charge in [-0.1, -0.05) is 24.3 Å². The Labute approximate surface area is 205 Å². The van der Waals surface area contributed by atoms with Crippen molar-refractivity contribution in [3.63, 3.8) is 0 Å². The van der Waals surface area contributed by atoms with E-state index in [-0.39, 0.29) is 11.8 Å². The largest absolute Gasteiger partial charge is 0.353 e. The Bertz CT molecular complexity index is 697. The van der Waals surface area contributed by atoms with E-state index in [1.165, 1.54) is 23.3 Å². The van der Waals surface area contributed by atoms with E-state index in [1.54, 1.807) is 0 Å². The molecule has 2 bridgehead atoms. The van der Waals surface area contributed by atoms with Gasteiger partial charge < -0.3 is 31.1 Å². The second kappa shape index (κ2) is 17.2. The molecule has 1 aromatic carbocycles. The number of hydrogen-bond donors (Lipinski definition) is 4. The lowest BCUT2D eigenvalue weighted by Gasteiger charge is -2.17. The third kappa shape index (κ3) is 13.4. The second-order valence-electron chi connectivity index (χ2n) is 9.11. The van der Waals surface area contributed by atoms with Crippen LogP contribution < -0.4 is 21.3 Å². The van der Waals surface area contributed by atoms with Gasteiger partial charge in [0, 0.05) is 38.3 Å². The summed E-state index contributed by atoms with van der Waals surface area (Å²) in [5.74, 6) is -0.450. The van der Waals surface area contributed by atoms with Gasteiger partial charge in [-0.05, 0) is 90.2 Å². The summed E-state index contributed by atoms with van der Waals surface area (Å²) in [6, 6.07) is 8.78. The quantitative estimate of drug-likeness (QED) is 0.452. The van der Waals surface area contributed by atoms with Crippen molar-refractivity contribution in [1.29, 1.82) is 0 Å². The van der Waals surface area contributed by atoms with Crippen molar-refractivity contribution in [2.24, 2.45) is 0 Å². The van der Waals surface area contributed by atoms with Gasteiger partial charge in [-0.2, -0.15) is 0 Å². The van der Waals surface area contributed by atoms with Crippen molar-refractivity contribution in [3.8, 4) is 0 Å². The first kappa shape index (κ1) is 28.0. The second-order valence-corrected chi connectivity index (χ2v) is 9.11. The first-order chi connectivity index (χ1) is 16.5. The Morgan fingerprint density at radius 3 is 1.50 bits per heavy atom. The maximum Gasteiger partial charge on any atom is 0.244 e. The standard InChI is InChI=1S/C26H44N6O2/c1-31-16-4-12-27-21-23-8-3-9-24(20-23)22-28-13-5-17-32(2)19-7-15-30-26(34)11-10-25(33)29-14-6-18-31/h3,8-11,20,27-28H,4-7,12-19,21-22H2,1-2H3,(H,29,33)(H,30,34)/b11-10-. The Morgan fingerprint density at radius 1 is 0.647 bits per heavy atom. The van der Waals surface area contributed by atoms with Gasteiger partial charge in [-0.3, -0.25) is 9.59 Å². The van der Waals surface area contributed by atoms with Gasteiger partial charge >= 0.3 is 0 Å². The Balaban J connectivity index is 1.80. The number of nitrogens with one attached hydrogen (secondary N) is 4. The molecule has 0 aliphatic carbocycles. The van der Waals surface area contributed by atoms with E-state index < -0.39 is 0 Å². The highest BCUT2D eigenvalue weighted by Crippen LogP contribution is 2.05. The van der Waals surface area contributed by atoms with Crippen LogP contribution >= 0.6 is 0 Å². The summed E-state index contributed by atoms with van der Waals surface area (Å²) >= 11 is 0. The topological polar surface area (TPSA) is 88.7 Å². The van der Waals surface area contributed by atoms with Crippen molar-refractivity contribution >= 4 is 11.8 Å². The van der Waals surface area contributed by atoms with Crippen LogP contribution in [0.5, 0.6) is 0 Å². The predicted octanol–water partition coefficient (Wildman–Crippen LogP) is 1.09. The van der Waals surface area contributed by atoms with Crippen LogP contribution in [0.2, 0.25) is 0 Å². The van der Waals surface area contributed by atoms with Crippen molar-refractivity contribution in [3.05, 3.63) is 47.5 Å². The molecular formula is C26H44N6O2. The highest BCUT2D eigenvalue weighted by Gasteiger charge is 2.03. The summed E-state index contributed by atoms with van der Waals surface area (Å²) < 4.78 is 0. The van der Waals surface area contributed by atoms with E-state index in [0.29, 0.717) is 13.1 Å². The highest BCUT2D eigenvalue weighted by molar-refractivity contribution is 5.96.